The Bertz CT molecular complexity index is 841. The second kappa shape index (κ2) is 7.76. The molecule has 0 atom stereocenters. The lowest BCUT2D eigenvalue weighted by Gasteiger charge is -2.28. The van der Waals surface area contributed by atoms with E-state index in [0.29, 0.717) is 10.1 Å². The predicted octanol–water partition coefficient (Wildman–Crippen LogP) is 3.41. The number of benzene rings is 2. The smallest absolute Gasteiger partial charge is 0.264 e. The number of hydrogen-bond acceptors (Lipinski definition) is 5. The van der Waals surface area contributed by atoms with Crippen LogP contribution in [0.4, 0.5) is 11.4 Å². The van der Waals surface area contributed by atoms with Gasteiger partial charge in [0.1, 0.15) is 0 Å². The summed E-state index contributed by atoms with van der Waals surface area (Å²) in [4.78, 5) is 19.6. The van der Waals surface area contributed by atoms with Gasteiger partial charge in [-0.2, -0.15) is 0 Å². The fourth-order valence-electron chi connectivity index (χ4n) is 2.85. The lowest BCUT2D eigenvalue weighted by atomic mass is 10.1. The molecule has 1 N–H and O–H groups in total. The average Bonchev–Trinajstić information content (AvgIpc) is 3.03. The number of nitrogens with zero attached hydrogens (tertiary/aromatic N) is 2. The van der Waals surface area contributed by atoms with Crippen LogP contribution in [0.25, 0.3) is 6.08 Å². The third kappa shape index (κ3) is 3.98. The summed E-state index contributed by atoms with van der Waals surface area (Å²) in [6.45, 7) is 3.37. The van der Waals surface area contributed by atoms with Crippen LogP contribution in [0.2, 0.25) is 0 Å². The molecule has 4 rings (SSSR count). The van der Waals surface area contributed by atoms with Gasteiger partial charge in [0.2, 0.25) is 0 Å². The largest absolute Gasteiger partial charge is 0.378 e. The highest BCUT2D eigenvalue weighted by Gasteiger charge is 2.23. The summed E-state index contributed by atoms with van der Waals surface area (Å²) in [5, 5.41) is 3.43. The molecule has 26 heavy (non-hydrogen) atoms. The Morgan fingerprint density at radius 2 is 1.77 bits per heavy atom. The van der Waals surface area contributed by atoms with Gasteiger partial charge in [0, 0.05) is 18.8 Å². The zero-order valence-corrected chi connectivity index (χ0v) is 15.0. The highest BCUT2D eigenvalue weighted by molar-refractivity contribution is 8.18. The van der Waals surface area contributed by atoms with Crippen molar-refractivity contribution in [3.63, 3.8) is 0 Å². The van der Waals surface area contributed by atoms with Gasteiger partial charge in [-0.3, -0.25) is 4.79 Å². The van der Waals surface area contributed by atoms with Crippen LogP contribution >= 0.6 is 11.8 Å². The van der Waals surface area contributed by atoms with Gasteiger partial charge in [0.15, 0.2) is 5.17 Å². The molecule has 2 heterocycles. The second-order valence-electron chi connectivity index (χ2n) is 6.01. The number of aliphatic imine (C=N–C) groups is 1. The van der Waals surface area contributed by atoms with Gasteiger partial charge < -0.3 is 15.0 Å². The van der Waals surface area contributed by atoms with Crippen molar-refractivity contribution in [3.05, 3.63) is 65.1 Å². The first-order valence-electron chi connectivity index (χ1n) is 8.55. The van der Waals surface area contributed by atoms with E-state index in [4.69, 9.17) is 4.74 Å². The average molecular weight is 365 g/mol. The Balaban J connectivity index is 1.47. The van der Waals surface area contributed by atoms with E-state index >= 15 is 0 Å². The van der Waals surface area contributed by atoms with Crippen LogP contribution < -0.4 is 10.2 Å². The van der Waals surface area contributed by atoms with E-state index in [9.17, 15) is 4.79 Å². The summed E-state index contributed by atoms with van der Waals surface area (Å²) in [5.74, 6) is -0.109. The van der Waals surface area contributed by atoms with E-state index in [1.165, 1.54) is 17.4 Å². The van der Waals surface area contributed by atoms with Gasteiger partial charge in [0.05, 0.1) is 23.8 Å². The number of para-hydroxylation sites is 1. The van der Waals surface area contributed by atoms with Crippen molar-refractivity contribution in [1.82, 2.24) is 5.32 Å². The first kappa shape index (κ1) is 16.9. The second-order valence-corrected chi connectivity index (χ2v) is 7.04. The van der Waals surface area contributed by atoms with Crippen molar-refractivity contribution in [2.24, 2.45) is 4.99 Å². The van der Waals surface area contributed by atoms with Gasteiger partial charge >= 0.3 is 0 Å². The first-order valence-corrected chi connectivity index (χ1v) is 9.37. The molecular formula is C20H19N3O2S. The van der Waals surface area contributed by atoms with Crippen molar-refractivity contribution >= 4 is 40.3 Å². The number of carbonyl (C=O) groups excluding carboxylic acids is 1. The number of ether oxygens (including phenoxy) is 1. The van der Waals surface area contributed by atoms with Gasteiger partial charge in [-0.15, -0.1) is 0 Å². The van der Waals surface area contributed by atoms with Crippen molar-refractivity contribution in [3.8, 4) is 0 Å². The third-order valence-corrected chi connectivity index (χ3v) is 5.11. The number of rotatable bonds is 3. The molecule has 6 heteroatoms. The summed E-state index contributed by atoms with van der Waals surface area (Å²) in [6.07, 6.45) is 1.90. The molecule has 0 unspecified atom stereocenters. The minimum absolute atomic E-state index is 0.109. The molecule has 2 aromatic carbocycles. The molecular weight excluding hydrogens is 346 g/mol. The van der Waals surface area contributed by atoms with Crippen molar-refractivity contribution in [2.45, 2.75) is 0 Å². The topological polar surface area (TPSA) is 53.9 Å². The monoisotopic (exact) mass is 365 g/mol. The maximum atomic E-state index is 12.2. The number of nitrogens with one attached hydrogen (secondary N) is 1. The van der Waals surface area contributed by atoms with Crippen molar-refractivity contribution in [1.29, 1.82) is 0 Å². The van der Waals surface area contributed by atoms with Gasteiger partial charge in [0.25, 0.3) is 5.91 Å². The van der Waals surface area contributed by atoms with Crippen LogP contribution in [0.15, 0.2) is 64.5 Å². The minimum atomic E-state index is -0.109. The van der Waals surface area contributed by atoms with Crippen molar-refractivity contribution in [2.75, 3.05) is 31.2 Å². The zero-order valence-electron chi connectivity index (χ0n) is 14.2. The van der Waals surface area contributed by atoms with E-state index in [1.54, 1.807) is 0 Å². The Morgan fingerprint density at radius 1 is 1.04 bits per heavy atom. The van der Waals surface area contributed by atoms with Crippen LogP contribution in [0.3, 0.4) is 0 Å². The van der Waals surface area contributed by atoms with Crippen LogP contribution in [-0.4, -0.2) is 37.4 Å². The van der Waals surface area contributed by atoms with Crippen molar-refractivity contribution < 1.29 is 9.53 Å². The summed E-state index contributed by atoms with van der Waals surface area (Å²) >= 11 is 1.36. The van der Waals surface area contributed by atoms with Gasteiger partial charge in [-0.1, -0.05) is 30.3 Å². The fraction of sp³-hybridized carbons (Fsp3) is 0.200. The Labute approximate surface area is 156 Å². The lowest BCUT2D eigenvalue weighted by Crippen LogP contribution is -2.36. The summed E-state index contributed by atoms with van der Waals surface area (Å²) < 4.78 is 5.39. The van der Waals surface area contributed by atoms with E-state index in [-0.39, 0.29) is 5.91 Å². The Morgan fingerprint density at radius 3 is 2.50 bits per heavy atom. The number of thioether (sulfide) groups is 1. The molecule has 2 fully saturated rings. The molecule has 0 bridgehead atoms. The number of anilines is 1. The summed E-state index contributed by atoms with van der Waals surface area (Å²) in [5.41, 5.74) is 3.01. The van der Waals surface area contributed by atoms with Crippen LogP contribution in [0.5, 0.6) is 0 Å². The van der Waals surface area contributed by atoms with E-state index < -0.39 is 0 Å². The molecule has 1 amide bonds. The zero-order chi connectivity index (χ0) is 17.8. The maximum absolute atomic E-state index is 12.2. The molecule has 0 saturated carbocycles. The Kier molecular flexibility index (Phi) is 5.04. The van der Waals surface area contributed by atoms with E-state index in [2.05, 4.69) is 27.3 Å². The third-order valence-electron chi connectivity index (χ3n) is 4.20. The first-order chi connectivity index (χ1) is 12.8. The number of carbonyl (C=O) groups is 1. The van der Waals surface area contributed by atoms with Crippen LogP contribution in [0, 0.1) is 0 Å². The SMILES string of the molecule is O=C1NC(=Nc2ccccc2)S/C1=C/c1ccc(N2CCOCC2)cc1. The minimum Gasteiger partial charge on any atom is -0.378 e. The van der Waals surface area contributed by atoms with Crippen LogP contribution in [0.1, 0.15) is 5.56 Å². The molecule has 5 nitrogen and oxygen atoms in total. The van der Waals surface area contributed by atoms with Gasteiger partial charge in [-0.25, -0.2) is 4.99 Å². The molecule has 0 spiro atoms. The molecule has 0 aliphatic carbocycles. The number of hydrogen-bond donors (Lipinski definition) is 1. The standard InChI is InChI=1S/C20H19N3O2S/c24-19-18(26-20(22-19)21-16-4-2-1-3-5-16)14-15-6-8-17(9-7-15)23-10-12-25-13-11-23/h1-9,14H,10-13H2,(H,21,22,24)/b18-14+. The molecule has 0 radical (unpaired) electrons. The summed E-state index contributed by atoms with van der Waals surface area (Å²) in [6, 6.07) is 17.9. The highest BCUT2D eigenvalue weighted by atomic mass is 32.2. The predicted molar refractivity (Wildman–Crippen MR) is 107 cm³/mol. The molecule has 0 aromatic heterocycles. The summed E-state index contributed by atoms with van der Waals surface area (Å²) in [7, 11) is 0. The number of morpholine rings is 1. The normalized spacial score (nSPS) is 20.6. The van der Waals surface area contributed by atoms with E-state index in [0.717, 1.165) is 37.6 Å². The molecule has 2 saturated heterocycles. The Hall–Kier alpha value is -2.57. The number of amidine groups is 1. The molecule has 2 aliphatic heterocycles. The quantitative estimate of drug-likeness (QED) is 0.847. The van der Waals surface area contributed by atoms with Gasteiger partial charge in [-0.05, 0) is 47.7 Å². The molecule has 132 valence electrons. The van der Waals surface area contributed by atoms with Crippen LogP contribution in [-0.2, 0) is 9.53 Å². The number of amides is 1. The fourth-order valence-corrected chi connectivity index (χ4v) is 3.70. The lowest BCUT2D eigenvalue weighted by molar-refractivity contribution is -0.115. The maximum Gasteiger partial charge on any atom is 0.264 e. The highest BCUT2D eigenvalue weighted by Crippen LogP contribution is 2.28. The molecule has 2 aromatic rings. The molecule has 2 aliphatic rings. The van der Waals surface area contributed by atoms with E-state index in [1.807, 2.05) is 48.5 Å².